The summed E-state index contributed by atoms with van der Waals surface area (Å²) in [5, 5.41) is 7.79. The van der Waals surface area contributed by atoms with Crippen LogP contribution < -0.4 is 10.1 Å². The Morgan fingerprint density at radius 3 is 2.80 bits per heavy atom. The van der Waals surface area contributed by atoms with Crippen molar-refractivity contribution in [3.05, 3.63) is 46.9 Å². The summed E-state index contributed by atoms with van der Waals surface area (Å²) in [4.78, 5) is 0. The van der Waals surface area contributed by atoms with Crippen molar-refractivity contribution in [1.82, 2.24) is 15.1 Å². The average molecular weight is 345 g/mol. The number of nitrogens with one attached hydrogen (secondary N) is 1. The van der Waals surface area contributed by atoms with Crippen LogP contribution in [-0.2, 0) is 26.1 Å². The Morgan fingerprint density at radius 1 is 1.28 bits per heavy atom. The molecule has 1 aliphatic carbocycles. The fourth-order valence-corrected chi connectivity index (χ4v) is 3.51. The van der Waals surface area contributed by atoms with E-state index in [1.807, 2.05) is 29.9 Å². The monoisotopic (exact) mass is 345 g/mol. The highest BCUT2D eigenvalue weighted by molar-refractivity contribution is 5.25. The molecule has 1 N–H and O–H groups in total. The number of halogens is 1. The number of benzene rings is 1. The Labute approximate surface area is 149 Å². The first-order valence-corrected chi connectivity index (χ1v) is 9.31. The number of rotatable bonds is 8. The molecule has 1 aromatic carbocycles. The molecule has 0 atom stereocenters. The highest BCUT2D eigenvalue weighted by Gasteiger charge is 2.19. The van der Waals surface area contributed by atoms with Gasteiger partial charge in [-0.2, -0.15) is 5.10 Å². The smallest absolute Gasteiger partial charge is 0.212 e. The van der Waals surface area contributed by atoms with Crippen molar-refractivity contribution in [2.45, 2.75) is 58.7 Å². The maximum absolute atomic E-state index is 14.1. The predicted molar refractivity (Wildman–Crippen MR) is 97.1 cm³/mol. The number of hydrogen-bond donors (Lipinski definition) is 1. The standard InChI is InChI=1S/C20H28FN3O/c1-3-15-8-9-19(21)17(10-15)14-25-20-11-18(12-22-2)23-24(20)13-16-6-4-5-7-16/h8-11,16,22H,3-7,12-14H2,1-2H3. The molecule has 0 radical (unpaired) electrons. The minimum atomic E-state index is -0.213. The predicted octanol–water partition coefficient (Wildman–Crippen LogP) is 4.07. The van der Waals surface area contributed by atoms with E-state index in [2.05, 4.69) is 17.3 Å². The summed E-state index contributed by atoms with van der Waals surface area (Å²) >= 11 is 0. The molecule has 0 spiro atoms. The third kappa shape index (κ3) is 4.60. The van der Waals surface area contributed by atoms with Crippen molar-refractivity contribution in [1.29, 1.82) is 0 Å². The van der Waals surface area contributed by atoms with E-state index in [9.17, 15) is 4.39 Å². The van der Waals surface area contributed by atoms with Gasteiger partial charge in [0.05, 0.1) is 5.69 Å². The van der Waals surface area contributed by atoms with Crippen LogP contribution in [0, 0.1) is 11.7 Å². The highest BCUT2D eigenvalue weighted by Crippen LogP contribution is 2.28. The van der Waals surface area contributed by atoms with E-state index in [4.69, 9.17) is 4.74 Å². The van der Waals surface area contributed by atoms with Crippen LogP contribution in [0.5, 0.6) is 5.88 Å². The Balaban J connectivity index is 1.73. The summed E-state index contributed by atoms with van der Waals surface area (Å²) in [6.45, 7) is 3.89. The highest BCUT2D eigenvalue weighted by atomic mass is 19.1. The Morgan fingerprint density at radius 2 is 2.08 bits per heavy atom. The molecule has 4 nitrogen and oxygen atoms in total. The number of nitrogens with zero attached hydrogens (tertiary/aromatic N) is 2. The molecule has 0 bridgehead atoms. The quantitative estimate of drug-likeness (QED) is 0.784. The van der Waals surface area contributed by atoms with Gasteiger partial charge >= 0.3 is 0 Å². The van der Waals surface area contributed by atoms with Crippen LogP contribution in [0.25, 0.3) is 0 Å². The molecule has 1 heterocycles. The van der Waals surface area contributed by atoms with Crippen LogP contribution in [0.15, 0.2) is 24.3 Å². The molecule has 0 aliphatic heterocycles. The third-order valence-electron chi connectivity index (χ3n) is 4.95. The number of aromatic nitrogens is 2. The van der Waals surface area contributed by atoms with E-state index >= 15 is 0 Å². The Kier molecular flexibility index (Phi) is 6.08. The van der Waals surface area contributed by atoms with Crippen molar-refractivity contribution in [2.24, 2.45) is 5.92 Å². The van der Waals surface area contributed by atoms with Crippen LogP contribution in [0.4, 0.5) is 4.39 Å². The first-order chi connectivity index (χ1) is 12.2. The molecule has 136 valence electrons. The maximum Gasteiger partial charge on any atom is 0.212 e. The van der Waals surface area contributed by atoms with E-state index in [-0.39, 0.29) is 12.4 Å². The SMILES string of the molecule is CCc1ccc(F)c(COc2cc(CNC)nn2CC2CCCC2)c1. The minimum Gasteiger partial charge on any atom is -0.473 e. The van der Waals surface area contributed by atoms with Crippen LogP contribution in [0.1, 0.15) is 49.4 Å². The minimum absolute atomic E-state index is 0.213. The molecule has 0 saturated heterocycles. The molecule has 1 aliphatic rings. The summed E-state index contributed by atoms with van der Waals surface area (Å²) in [6.07, 6.45) is 6.02. The van der Waals surface area contributed by atoms with E-state index in [1.54, 1.807) is 0 Å². The van der Waals surface area contributed by atoms with Gasteiger partial charge in [-0.1, -0.05) is 25.8 Å². The summed E-state index contributed by atoms with van der Waals surface area (Å²) < 4.78 is 22.0. The molecule has 1 saturated carbocycles. The van der Waals surface area contributed by atoms with Gasteiger partial charge in [0.15, 0.2) is 0 Å². The zero-order valence-corrected chi connectivity index (χ0v) is 15.2. The van der Waals surface area contributed by atoms with Gasteiger partial charge in [0.2, 0.25) is 5.88 Å². The molecule has 1 fully saturated rings. The number of hydrogen-bond acceptors (Lipinski definition) is 3. The van der Waals surface area contributed by atoms with Crippen molar-refractivity contribution >= 4 is 0 Å². The lowest BCUT2D eigenvalue weighted by atomic mass is 10.1. The van der Waals surface area contributed by atoms with Gasteiger partial charge in [0.1, 0.15) is 12.4 Å². The molecular formula is C20H28FN3O. The van der Waals surface area contributed by atoms with Crippen molar-refractivity contribution in [3.8, 4) is 5.88 Å². The lowest BCUT2D eigenvalue weighted by molar-refractivity contribution is 0.257. The van der Waals surface area contributed by atoms with Crippen LogP contribution >= 0.6 is 0 Å². The Bertz CT molecular complexity index is 692. The van der Waals surface area contributed by atoms with Crippen LogP contribution in [0.2, 0.25) is 0 Å². The summed E-state index contributed by atoms with van der Waals surface area (Å²) in [5.74, 6) is 1.19. The lowest BCUT2D eigenvalue weighted by Gasteiger charge is -2.13. The molecule has 25 heavy (non-hydrogen) atoms. The first-order valence-electron chi connectivity index (χ1n) is 9.31. The zero-order valence-electron chi connectivity index (χ0n) is 15.2. The van der Waals surface area contributed by atoms with Gasteiger partial charge in [0.25, 0.3) is 0 Å². The van der Waals surface area contributed by atoms with E-state index in [1.165, 1.54) is 31.7 Å². The van der Waals surface area contributed by atoms with Gasteiger partial charge in [-0.05, 0) is 49.9 Å². The number of aryl methyl sites for hydroxylation is 1. The topological polar surface area (TPSA) is 39.1 Å². The third-order valence-corrected chi connectivity index (χ3v) is 4.95. The summed E-state index contributed by atoms with van der Waals surface area (Å²) in [5.41, 5.74) is 2.68. The molecule has 3 rings (SSSR count). The van der Waals surface area contributed by atoms with Crippen LogP contribution in [0.3, 0.4) is 0 Å². The van der Waals surface area contributed by atoms with E-state index in [0.29, 0.717) is 18.0 Å². The fourth-order valence-electron chi connectivity index (χ4n) is 3.51. The summed E-state index contributed by atoms with van der Waals surface area (Å²) in [7, 11) is 1.90. The van der Waals surface area contributed by atoms with Gasteiger partial charge in [0, 0.05) is 24.7 Å². The Hall–Kier alpha value is -1.88. The molecule has 0 amide bonds. The van der Waals surface area contributed by atoms with Gasteiger partial charge in [-0.15, -0.1) is 0 Å². The van der Waals surface area contributed by atoms with Crippen LogP contribution in [-0.4, -0.2) is 16.8 Å². The van der Waals surface area contributed by atoms with Crippen molar-refractivity contribution in [3.63, 3.8) is 0 Å². The molecule has 1 aromatic heterocycles. The van der Waals surface area contributed by atoms with Crippen molar-refractivity contribution in [2.75, 3.05) is 7.05 Å². The molecule has 5 heteroatoms. The fraction of sp³-hybridized carbons (Fsp3) is 0.550. The molecule has 2 aromatic rings. The van der Waals surface area contributed by atoms with Gasteiger partial charge in [-0.25, -0.2) is 9.07 Å². The second-order valence-electron chi connectivity index (χ2n) is 6.90. The van der Waals surface area contributed by atoms with Gasteiger partial charge in [-0.3, -0.25) is 0 Å². The van der Waals surface area contributed by atoms with E-state index in [0.717, 1.165) is 30.1 Å². The summed E-state index contributed by atoms with van der Waals surface area (Å²) in [6, 6.07) is 7.21. The zero-order chi connectivity index (χ0) is 17.6. The second-order valence-corrected chi connectivity index (χ2v) is 6.90. The maximum atomic E-state index is 14.1. The van der Waals surface area contributed by atoms with Gasteiger partial charge < -0.3 is 10.1 Å². The normalized spacial score (nSPS) is 15.0. The second kappa shape index (κ2) is 8.48. The lowest BCUT2D eigenvalue weighted by Crippen LogP contribution is -2.12. The molecular weight excluding hydrogens is 317 g/mol. The largest absolute Gasteiger partial charge is 0.473 e. The first kappa shape index (κ1) is 17.9. The molecule has 0 unspecified atom stereocenters. The van der Waals surface area contributed by atoms with E-state index < -0.39 is 0 Å². The number of ether oxygens (including phenoxy) is 1. The van der Waals surface area contributed by atoms with Crippen molar-refractivity contribution < 1.29 is 9.13 Å². The average Bonchev–Trinajstić information content (AvgIpc) is 3.25.